The molecule has 3 rings (SSSR count). The number of aromatic nitrogens is 2. The summed E-state index contributed by atoms with van der Waals surface area (Å²) in [4.78, 5) is 47.3. The molecule has 1 unspecified atom stereocenters. The monoisotopic (exact) mass is 572 g/mol. The van der Waals surface area contributed by atoms with Crippen LogP contribution in [0.1, 0.15) is 12.6 Å². The fourth-order valence-electron chi connectivity index (χ4n) is 4.00. The van der Waals surface area contributed by atoms with E-state index in [1.807, 2.05) is 0 Å². The van der Waals surface area contributed by atoms with Gasteiger partial charge in [-0.25, -0.2) is 18.7 Å². The lowest BCUT2D eigenvalue weighted by atomic mass is 9.89. The smallest absolute Gasteiger partial charge is 0.459 e. The van der Waals surface area contributed by atoms with Crippen molar-refractivity contribution < 1.29 is 68.5 Å². The van der Waals surface area contributed by atoms with Crippen LogP contribution in [0.2, 0.25) is 0 Å². The van der Waals surface area contributed by atoms with E-state index in [1.54, 1.807) is 0 Å². The van der Waals surface area contributed by atoms with Gasteiger partial charge in [0.2, 0.25) is 0 Å². The highest BCUT2D eigenvalue weighted by Crippen LogP contribution is 2.47. The van der Waals surface area contributed by atoms with Crippen LogP contribution in [0.3, 0.4) is 0 Å². The number of nitrogens with zero attached hydrogens (tertiary/aromatic N) is 2. The first kappa shape index (κ1) is 30.4. The molecule has 19 nitrogen and oxygen atoms in total. The highest BCUT2D eigenvalue weighted by atomic mass is 31.2. The zero-order valence-electron chi connectivity index (χ0n) is 19.4. The van der Waals surface area contributed by atoms with Gasteiger partial charge in [0.25, 0.3) is 5.79 Å². The SMILES string of the molecule is Nc1ccn([C@@H]2O[C@H](COC(=O)C3(OP(=O)(O)O)C[C@H](O)[C@@H](N)[C@H]([C@H](O)[C@H](O)CO)O3)[C@@H](O)[C@H]2O)c(=O)n1. The number of phosphoric ester groups is 1. The fraction of sp³-hybridized carbons (Fsp3) is 0.722. The number of nitrogen functional groups attached to an aromatic ring is 1. The number of carbonyl (C=O) groups excluding carboxylic acids is 1. The third kappa shape index (κ3) is 6.37. The van der Waals surface area contributed by atoms with Crippen molar-refractivity contribution >= 4 is 19.6 Å². The summed E-state index contributed by atoms with van der Waals surface area (Å²) in [6, 6.07) is -0.301. The fourth-order valence-corrected chi connectivity index (χ4v) is 4.58. The van der Waals surface area contributed by atoms with E-state index in [4.69, 9.17) is 30.8 Å². The quantitative estimate of drug-likeness (QED) is 0.0972. The molecule has 1 aromatic rings. The van der Waals surface area contributed by atoms with Crippen LogP contribution >= 0.6 is 7.82 Å². The maximum absolute atomic E-state index is 13.0. The van der Waals surface area contributed by atoms with Crippen molar-refractivity contribution in [1.29, 1.82) is 0 Å². The molecule has 0 spiro atoms. The zero-order chi connectivity index (χ0) is 28.6. The van der Waals surface area contributed by atoms with Crippen LogP contribution in [0.25, 0.3) is 0 Å². The molecule has 3 heterocycles. The lowest BCUT2D eigenvalue weighted by Gasteiger charge is -2.45. The van der Waals surface area contributed by atoms with E-state index in [1.165, 1.54) is 6.07 Å². The number of hydrogen-bond acceptors (Lipinski definition) is 16. The van der Waals surface area contributed by atoms with E-state index in [0.29, 0.717) is 0 Å². The highest BCUT2D eigenvalue weighted by Gasteiger charge is 2.58. The van der Waals surface area contributed by atoms with Gasteiger partial charge in [0.05, 0.1) is 18.8 Å². The van der Waals surface area contributed by atoms with Gasteiger partial charge in [0, 0.05) is 12.6 Å². The number of anilines is 1. The number of esters is 1. The van der Waals surface area contributed by atoms with Crippen molar-refractivity contribution in [3.8, 4) is 0 Å². The molecule has 0 radical (unpaired) electrons. The molecule has 0 aliphatic carbocycles. The summed E-state index contributed by atoms with van der Waals surface area (Å²) in [5, 5.41) is 60.1. The summed E-state index contributed by atoms with van der Waals surface area (Å²) >= 11 is 0. The normalized spacial score (nSPS) is 35.6. The predicted molar refractivity (Wildman–Crippen MR) is 118 cm³/mol. The maximum atomic E-state index is 13.0. The number of ether oxygens (including phenoxy) is 3. The highest BCUT2D eigenvalue weighted by molar-refractivity contribution is 7.46. The van der Waals surface area contributed by atoms with Gasteiger partial charge in [-0.3, -0.25) is 4.57 Å². The van der Waals surface area contributed by atoms with Gasteiger partial charge in [0.1, 0.15) is 49.0 Å². The second-order valence-electron chi connectivity index (χ2n) is 8.69. The number of carbonyl (C=O) groups is 1. The van der Waals surface area contributed by atoms with E-state index in [-0.39, 0.29) is 5.82 Å². The Balaban J connectivity index is 1.81. The van der Waals surface area contributed by atoms with Crippen molar-refractivity contribution in [2.45, 2.75) is 67.2 Å². The first-order chi connectivity index (χ1) is 17.6. The Morgan fingerprint density at radius 1 is 1.29 bits per heavy atom. The number of rotatable bonds is 9. The third-order valence-corrected chi connectivity index (χ3v) is 6.50. The predicted octanol–water partition coefficient (Wildman–Crippen LogP) is -6.02. The van der Waals surface area contributed by atoms with Crippen LogP contribution in [-0.2, 0) is 28.1 Å². The number of phosphoric acid groups is 1. The Kier molecular flexibility index (Phi) is 9.26. The second kappa shape index (κ2) is 11.6. The Bertz CT molecular complexity index is 1100. The van der Waals surface area contributed by atoms with Crippen LogP contribution in [0.5, 0.6) is 0 Å². The first-order valence-corrected chi connectivity index (χ1v) is 12.5. The van der Waals surface area contributed by atoms with Crippen molar-refractivity contribution in [3.05, 3.63) is 22.7 Å². The number of aliphatic hydroxyl groups is 6. The molecule has 10 atom stereocenters. The standard InChI is InChI=1S/C18H29N4O15P/c19-9-1-2-22(17(30)21-9)15-13(28)12(27)8(35-15)5-34-16(29)18(37-38(31,32)33)3-6(24)10(20)14(36-18)11(26)7(25)4-23/h1-2,6-8,10-15,23-28H,3-5,20H2,(H2,19,21,30)(H2,31,32,33)/t6-,7+,8+,10+,11+,12+,13+,14+,15+,18?/m0/s1. The largest absolute Gasteiger partial charge is 0.472 e. The summed E-state index contributed by atoms with van der Waals surface area (Å²) in [7, 11) is -5.56. The summed E-state index contributed by atoms with van der Waals surface area (Å²) < 4.78 is 32.6. The van der Waals surface area contributed by atoms with E-state index < -0.39 is 99.9 Å². The molecule has 0 bridgehead atoms. The van der Waals surface area contributed by atoms with E-state index >= 15 is 0 Å². The molecule has 2 aliphatic heterocycles. The van der Waals surface area contributed by atoms with Crippen LogP contribution in [-0.4, -0.2) is 124 Å². The molecular formula is C18H29N4O15P. The molecule has 12 N–H and O–H groups in total. The topological polar surface area (TPSA) is 320 Å². The molecule has 2 aliphatic rings. The summed E-state index contributed by atoms with van der Waals surface area (Å²) in [6.45, 7) is -1.90. The van der Waals surface area contributed by atoms with Crippen LogP contribution in [0.4, 0.5) is 5.82 Å². The van der Waals surface area contributed by atoms with Gasteiger partial charge in [-0.2, -0.15) is 4.98 Å². The van der Waals surface area contributed by atoms with E-state index in [9.17, 15) is 49.5 Å². The van der Waals surface area contributed by atoms with Gasteiger partial charge in [-0.15, -0.1) is 0 Å². The first-order valence-electron chi connectivity index (χ1n) is 11.0. The van der Waals surface area contributed by atoms with Crippen molar-refractivity contribution in [1.82, 2.24) is 9.55 Å². The molecule has 0 amide bonds. The molecule has 0 aromatic carbocycles. The van der Waals surface area contributed by atoms with Gasteiger partial charge >= 0.3 is 19.5 Å². The van der Waals surface area contributed by atoms with Crippen molar-refractivity contribution in [3.63, 3.8) is 0 Å². The Morgan fingerprint density at radius 2 is 1.95 bits per heavy atom. The summed E-state index contributed by atoms with van der Waals surface area (Å²) in [5.41, 5.74) is 10.2. The lowest BCUT2D eigenvalue weighted by molar-refractivity contribution is -0.289. The lowest BCUT2D eigenvalue weighted by Crippen LogP contribution is -2.66. The van der Waals surface area contributed by atoms with Crippen LogP contribution in [0.15, 0.2) is 17.1 Å². The summed E-state index contributed by atoms with van der Waals surface area (Å²) in [5.74, 6) is -4.89. The number of aliphatic hydroxyl groups excluding tert-OH is 6. The molecule has 1 aromatic heterocycles. The minimum absolute atomic E-state index is 0.121. The maximum Gasteiger partial charge on any atom is 0.472 e. The zero-order valence-corrected chi connectivity index (χ0v) is 20.3. The molecule has 38 heavy (non-hydrogen) atoms. The number of nitrogens with two attached hydrogens (primary N) is 2. The third-order valence-electron chi connectivity index (χ3n) is 5.96. The average molecular weight is 572 g/mol. The molecule has 2 fully saturated rings. The Labute approximate surface area is 213 Å². The molecule has 2 saturated heterocycles. The van der Waals surface area contributed by atoms with Crippen molar-refractivity contribution in [2.24, 2.45) is 5.73 Å². The molecule has 216 valence electrons. The van der Waals surface area contributed by atoms with Crippen LogP contribution in [0, 0.1) is 0 Å². The minimum atomic E-state index is -5.56. The Hall–Kier alpha value is -2.10. The number of hydrogen-bond donors (Lipinski definition) is 10. The Morgan fingerprint density at radius 3 is 2.53 bits per heavy atom. The van der Waals surface area contributed by atoms with E-state index in [0.717, 1.165) is 10.8 Å². The molecule has 0 saturated carbocycles. The van der Waals surface area contributed by atoms with E-state index in [2.05, 4.69) is 9.51 Å². The second-order valence-corrected chi connectivity index (χ2v) is 9.86. The molecule has 20 heteroatoms. The molecular weight excluding hydrogens is 543 g/mol. The summed E-state index contributed by atoms with van der Waals surface area (Å²) in [6.07, 6.45) is -14.0. The van der Waals surface area contributed by atoms with Gasteiger partial charge in [-0.05, 0) is 6.07 Å². The van der Waals surface area contributed by atoms with Crippen molar-refractivity contribution in [2.75, 3.05) is 18.9 Å². The average Bonchev–Trinajstić information content (AvgIpc) is 3.11. The minimum Gasteiger partial charge on any atom is -0.459 e. The van der Waals surface area contributed by atoms with Crippen LogP contribution < -0.4 is 17.2 Å². The van der Waals surface area contributed by atoms with Gasteiger partial charge < -0.3 is 66.1 Å². The van der Waals surface area contributed by atoms with Gasteiger partial charge in [-0.1, -0.05) is 0 Å². The van der Waals surface area contributed by atoms with Gasteiger partial charge in [0.15, 0.2) is 6.23 Å².